The Morgan fingerprint density at radius 2 is 1.96 bits per heavy atom. The third-order valence-electron chi connectivity index (χ3n) is 3.35. The van der Waals surface area contributed by atoms with Crippen molar-refractivity contribution in [3.8, 4) is 17.4 Å². The molecule has 0 aliphatic heterocycles. The fourth-order valence-corrected chi connectivity index (χ4v) is 2.14. The summed E-state index contributed by atoms with van der Waals surface area (Å²) in [6, 6.07) is 11.0. The fourth-order valence-electron chi connectivity index (χ4n) is 2.14. The van der Waals surface area contributed by atoms with Crippen molar-refractivity contribution >= 4 is 11.7 Å². The van der Waals surface area contributed by atoms with Crippen LogP contribution in [0.1, 0.15) is 13.3 Å². The molecule has 1 aromatic carbocycles. The van der Waals surface area contributed by atoms with Crippen LogP contribution in [-0.4, -0.2) is 36.3 Å². The van der Waals surface area contributed by atoms with E-state index >= 15 is 0 Å². The molecule has 122 valence electrons. The molecule has 6 nitrogen and oxygen atoms in total. The second-order valence-corrected chi connectivity index (χ2v) is 4.83. The van der Waals surface area contributed by atoms with Gasteiger partial charge in [-0.1, -0.05) is 12.1 Å². The maximum Gasteiger partial charge on any atom is 0.305 e. The normalized spacial score (nSPS) is 10.2. The van der Waals surface area contributed by atoms with Crippen LogP contribution in [0.3, 0.4) is 0 Å². The lowest BCUT2D eigenvalue weighted by Crippen LogP contribution is -2.25. The molecule has 0 saturated carbocycles. The molecule has 0 saturated heterocycles. The van der Waals surface area contributed by atoms with Crippen molar-refractivity contribution in [1.82, 2.24) is 4.98 Å². The van der Waals surface area contributed by atoms with E-state index in [0.29, 0.717) is 30.5 Å². The third kappa shape index (κ3) is 4.60. The van der Waals surface area contributed by atoms with E-state index in [1.165, 1.54) is 0 Å². The highest BCUT2D eigenvalue weighted by Gasteiger charge is 2.09. The van der Waals surface area contributed by atoms with E-state index < -0.39 is 5.97 Å². The summed E-state index contributed by atoms with van der Waals surface area (Å²) in [5.41, 5.74) is 0.862. The van der Waals surface area contributed by atoms with Crippen LogP contribution < -0.4 is 14.4 Å². The molecule has 0 bridgehead atoms. The van der Waals surface area contributed by atoms with Gasteiger partial charge in [0.15, 0.2) is 11.5 Å². The fraction of sp³-hybridized carbons (Fsp3) is 0.294. The highest BCUT2D eigenvalue weighted by Crippen LogP contribution is 2.30. The Bertz CT molecular complexity index is 643. The van der Waals surface area contributed by atoms with Crippen LogP contribution in [0.4, 0.5) is 5.69 Å². The van der Waals surface area contributed by atoms with Crippen molar-refractivity contribution in [1.29, 1.82) is 0 Å². The number of hydrogen-bond acceptors (Lipinski definition) is 5. The highest BCUT2D eigenvalue weighted by molar-refractivity contribution is 5.67. The van der Waals surface area contributed by atoms with E-state index in [0.717, 1.165) is 5.69 Å². The largest absolute Gasteiger partial charge is 0.493 e. The van der Waals surface area contributed by atoms with Gasteiger partial charge in [0, 0.05) is 19.2 Å². The van der Waals surface area contributed by atoms with E-state index in [1.54, 1.807) is 25.4 Å². The summed E-state index contributed by atoms with van der Waals surface area (Å²) < 4.78 is 11.0. The lowest BCUT2D eigenvalue weighted by molar-refractivity contribution is -0.136. The maximum atomic E-state index is 10.7. The van der Waals surface area contributed by atoms with Crippen LogP contribution >= 0.6 is 0 Å². The van der Waals surface area contributed by atoms with E-state index in [4.69, 9.17) is 14.6 Å². The van der Waals surface area contributed by atoms with Crippen molar-refractivity contribution in [2.75, 3.05) is 25.1 Å². The van der Waals surface area contributed by atoms with Crippen LogP contribution in [-0.2, 0) is 4.79 Å². The molecule has 0 fully saturated rings. The van der Waals surface area contributed by atoms with Crippen molar-refractivity contribution in [3.63, 3.8) is 0 Å². The molecular formula is C17H20N2O4. The predicted molar refractivity (Wildman–Crippen MR) is 87.4 cm³/mol. The number of hydrogen-bond donors (Lipinski definition) is 1. The lowest BCUT2D eigenvalue weighted by Gasteiger charge is -2.22. The quantitative estimate of drug-likeness (QED) is 0.806. The molecule has 0 aliphatic rings. The van der Waals surface area contributed by atoms with Gasteiger partial charge in [0.25, 0.3) is 0 Å². The van der Waals surface area contributed by atoms with E-state index in [2.05, 4.69) is 4.98 Å². The zero-order chi connectivity index (χ0) is 16.7. The first-order valence-corrected chi connectivity index (χ1v) is 7.37. The Morgan fingerprint density at radius 1 is 1.22 bits per heavy atom. The molecule has 1 heterocycles. The molecule has 2 aromatic rings. The van der Waals surface area contributed by atoms with Gasteiger partial charge >= 0.3 is 5.97 Å². The number of methoxy groups -OCH3 is 1. The van der Waals surface area contributed by atoms with Gasteiger partial charge in [0.2, 0.25) is 5.88 Å². The standard InChI is InChI=1S/C17H20N2O4/c1-3-19(11-10-17(20)21)13-8-9-16(18-12-13)23-15-7-5-4-6-14(15)22-2/h4-9,12H,3,10-11H2,1-2H3,(H,20,21). The molecular weight excluding hydrogens is 296 g/mol. The Hall–Kier alpha value is -2.76. The Labute approximate surface area is 135 Å². The minimum absolute atomic E-state index is 0.0906. The number of pyridine rings is 1. The van der Waals surface area contributed by atoms with Crippen molar-refractivity contribution in [2.45, 2.75) is 13.3 Å². The Balaban J connectivity index is 2.08. The first kappa shape index (κ1) is 16.6. The van der Waals surface area contributed by atoms with Gasteiger partial charge < -0.3 is 19.5 Å². The Morgan fingerprint density at radius 3 is 2.52 bits per heavy atom. The average molecular weight is 316 g/mol. The molecule has 0 spiro atoms. The second-order valence-electron chi connectivity index (χ2n) is 4.83. The summed E-state index contributed by atoms with van der Waals surface area (Å²) in [6.45, 7) is 3.13. The highest BCUT2D eigenvalue weighted by atomic mass is 16.5. The number of carbonyl (C=O) groups is 1. The van der Waals surface area contributed by atoms with Crippen molar-refractivity contribution < 1.29 is 19.4 Å². The number of anilines is 1. The molecule has 0 amide bonds. The number of carboxylic acid groups (broad SMARTS) is 1. The first-order chi connectivity index (χ1) is 11.1. The number of ether oxygens (including phenoxy) is 2. The summed E-state index contributed by atoms with van der Waals surface area (Å²) in [5, 5.41) is 8.79. The van der Waals surface area contributed by atoms with E-state index in [1.807, 2.05) is 36.1 Å². The summed E-state index contributed by atoms with van der Waals surface area (Å²) in [5.74, 6) is 0.864. The van der Waals surface area contributed by atoms with E-state index in [9.17, 15) is 4.79 Å². The van der Waals surface area contributed by atoms with Crippen LogP contribution in [0.5, 0.6) is 17.4 Å². The van der Waals surface area contributed by atoms with Gasteiger partial charge in [-0.05, 0) is 25.1 Å². The van der Waals surface area contributed by atoms with Gasteiger partial charge in [-0.15, -0.1) is 0 Å². The first-order valence-electron chi connectivity index (χ1n) is 7.37. The number of para-hydroxylation sites is 2. The number of nitrogens with zero attached hydrogens (tertiary/aromatic N) is 2. The van der Waals surface area contributed by atoms with Gasteiger partial charge in [-0.25, -0.2) is 4.98 Å². The number of carboxylic acids is 1. The molecule has 0 atom stereocenters. The number of aliphatic carboxylic acids is 1. The lowest BCUT2D eigenvalue weighted by atomic mass is 10.3. The minimum Gasteiger partial charge on any atom is -0.493 e. The molecule has 23 heavy (non-hydrogen) atoms. The summed E-state index contributed by atoms with van der Waals surface area (Å²) in [4.78, 5) is 16.9. The number of aromatic nitrogens is 1. The minimum atomic E-state index is -0.812. The summed E-state index contributed by atoms with van der Waals surface area (Å²) >= 11 is 0. The molecule has 1 aromatic heterocycles. The zero-order valence-corrected chi connectivity index (χ0v) is 13.2. The predicted octanol–water partition coefficient (Wildman–Crippen LogP) is 3.18. The molecule has 1 N–H and O–H groups in total. The van der Waals surface area contributed by atoms with Gasteiger partial charge in [0.1, 0.15) is 0 Å². The van der Waals surface area contributed by atoms with Crippen molar-refractivity contribution in [3.05, 3.63) is 42.6 Å². The van der Waals surface area contributed by atoms with Crippen LogP contribution in [0.25, 0.3) is 0 Å². The SMILES string of the molecule is CCN(CCC(=O)O)c1ccc(Oc2ccccc2OC)nc1. The van der Waals surface area contributed by atoms with Crippen LogP contribution in [0.2, 0.25) is 0 Å². The number of rotatable bonds is 8. The second kappa shape index (κ2) is 8.03. The molecule has 6 heteroatoms. The van der Waals surface area contributed by atoms with E-state index in [-0.39, 0.29) is 6.42 Å². The van der Waals surface area contributed by atoms with Crippen LogP contribution in [0, 0.1) is 0 Å². The molecule has 0 aliphatic carbocycles. The topological polar surface area (TPSA) is 71.9 Å². The van der Waals surface area contributed by atoms with Gasteiger partial charge in [-0.2, -0.15) is 0 Å². The Kier molecular flexibility index (Phi) is 5.80. The van der Waals surface area contributed by atoms with Crippen molar-refractivity contribution in [2.24, 2.45) is 0 Å². The monoisotopic (exact) mass is 316 g/mol. The molecule has 0 radical (unpaired) electrons. The summed E-state index contributed by atoms with van der Waals surface area (Å²) in [7, 11) is 1.58. The van der Waals surface area contributed by atoms with Gasteiger partial charge in [-0.3, -0.25) is 4.79 Å². The molecule has 2 rings (SSSR count). The summed E-state index contributed by atoms with van der Waals surface area (Å²) in [6.07, 6.45) is 1.77. The molecule has 0 unspecified atom stereocenters. The maximum absolute atomic E-state index is 10.7. The van der Waals surface area contributed by atoms with Crippen LogP contribution in [0.15, 0.2) is 42.6 Å². The number of benzene rings is 1. The zero-order valence-electron chi connectivity index (χ0n) is 13.2. The third-order valence-corrected chi connectivity index (χ3v) is 3.35. The van der Waals surface area contributed by atoms with Gasteiger partial charge in [0.05, 0.1) is 25.4 Å². The average Bonchev–Trinajstić information content (AvgIpc) is 2.57. The smallest absolute Gasteiger partial charge is 0.305 e.